The number of thiazole rings is 1. The van der Waals surface area contributed by atoms with Crippen molar-refractivity contribution in [3.63, 3.8) is 0 Å². The second-order valence-corrected chi connectivity index (χ2v) is 5.50. The Balaban J connectivity index is 2.20. The molecule has 0 saturated carbocycles. The lowest BCUT2D eigenvalue weighted by atomic mass is 10.0. The highest BCUT2D eigenvalue weighted by molar-refractivity contribution is 7.09. The molecule has 4 heteroatoms. The molecule has 0 spiro atoms. The van der Waals surface area contributed by atoms with Gasteiger partial charge in [-0.15, -0.1) is 11.3 Å². The standard InChI is InChI=1S/C13H14ClNOS/c1-8-4-3-5-11(13(8)14)12(16)6-10-7-17-9(2)15-10/h3-5,7,12,16H,6H2,1-2H3. The first-order chi connectivity index (χ1) is 8.08. The number of benzene rings is 1. The first kappa shape index (κ1) is 12.6. The number of aromatic nitrogens is 1. The second-order valence-electron chi connectivity index (χ2n) is 4.06. The summed E-state index contributed by atoms with van der Waals surface area (Å²) < 4.78 is 0. The Morgan fingerprint density at radius 2 is 2.18 bits per heavy atom. The van der Waals surface area contributed by atoms with Crippen molar-refractivity contribution >= 4 is 22.9 Å². The maximum Gasteiger partial charge on any atom is 0.0897 e. The van der Waals surface area contributed by atoms with Gasteiger partial charge >= 0.3 is 0 Å². The van der Waals surface area contributed by atoms with Crippen molar-refractivity contribution in [1.82, 2.24) is 4.98 Å². The summed E-state index contributed by atoms with van der Waals surface area (Å²) in [6.45, 7) is 3.89. The van der Waals surface area contributed by atoms with Crippen molar-refractivity contribution in [1.29, 1.82) is 0 Å². The minimum Gasteiger partial charge on any atom is -0.388 e. The quantitative estimate of drug-likeness (QED) is 0.920. The van der Waals surface area contributed by atoms with Gasteiger partial charge in [0.1, 0.15) is 0 Å². The number of hydrogen-bond donors (Lipinski definition) is 1. The molecule has 0 aliphatic carbocycles. The molecule has 0 radical (unpaired) electrons. The number of aryl methyl sites for hydroxylation is 2. The summed E-state index contributed by atoms with van der Waals surface area (Å²) in [4.78, 5) is 4.34. The lowest BCUT2D eigenvalue weighted by Gasteiger charge is -2.12. The highest BCUT2D eigenvalue weighted by Crippen LogP contribution is 2.28. The molecule has 0 bridgehead atoms. The SMILES string of the molecule is Cc1nc(CC(O)c2cccc(C)c2Cl)cs1. The normalized spacial score (nSPS) is 12.7. The van der Waals surface area contributed by atoms with Crippen LogP contribution in [0.4, 0.5) is 0 Å². The Morgan fingerprint density at radius 3 is 2.82 bits per heavy atom. The summed E-state index contributed by atoms with van der Waals surface area (Å²) in [6.07, 6.45) is -0.0862. The zero-order chi connectivity index (χ0) is 12.4. The molecule has 0 aliphatic rings. The number of aliphatic hydroxyl groups is 1. The van der Waals surface area contributed by atoms with E-state index < -0.39 is 6.10 Å². The van der Waals surface area contributed by atoms with Crippen molar-refractivity contribution in [3.8, 4) is 0 Å². The smallest absolute Gasteiger partial charge is 0.0897 e. The number of aliphatic hydroxyl groups excluding tert-OH is 1. The van der Waals surface area contributed by atoms with Gasteiger partial charge in [0, 0.05) is 16.8 Å². The fourth-order valence-electron chi connectivity index (χ4n) is 1.74. The van der Waals surface area contributed by atoms with E-state index in [0.717, 1.165) is 21.8 Å². The maximum atomic E-state index is 10.2. The molecule has 1 heterocycles. The average Bonchev–Trinajstić information content (AvgIpc) is 2.68. The summed E-state index contributed by atoms with van der Waals surface area (Å²) in [7, 11) is 0. The van der Waals surface area contributed by atoms with Gasteiger partial charge in [0.25, 0.3) is 0 Å². The maximum absolute atomic E-state index is 10.2. The summed E-state index contributed by atoms with van der Waals surface area (Å²) in [6, 6.07) is 5.71. The summed E-state index contributed by atoms with van der Waals surface area (Å²) in [5.74, 6) is 0. The van der Waals surface area contributed by atoms with Gasteiger partial charge in [0.05, 0.1) is 16.8 Å². The minimum absolute atomic E-state index is 0.507. The van der Waals surface area contributed by atoms with E-state index in [1.54, 1.807) is 11.3 Å². The number of halogens is 1. The van der Waals surface area contributed by atoms with E-state index in [2.05, 4.69) is 4.98 Å². The van der Waals surface area contributed by atoms with Gasteiger partial charge in [-0.05, 0) is 25.0 Å². The van der Waals surface area contributed by atoms with Gasteiger partial charge in [0.15, 0.2) is 0 Å². The number of rotatable bonds is 3. The van der Waals surface area contributed by atoms with E-state index in [1.165, 1.54) is 0 Å². The molecule has 17 heavy (non-hydrogen) atoms. The average molecular weight is 268 g/mol. The monoisotopic (exact) mass is 267 g/mol. The van der Waals surface area contributed by atoms with Crippen molar-refractivity contribution in [2.75, 3.05) is 0 Å². The Morgan fingerprint density at radius 1 is 1.41 bits per heavy atom. The van der Waals surface area contributed by atoms with Crippen LogP contribution in [0.1, 0.15) is 27.9 Å². The van der Waals surface area contributed by atoms with E-state index in [-0.39, 0.29) is 0 Å². The molecular weight excluding hydrogens is 254 g/mol. The van der Waals surface area contributed by atoms with E-state index in [1.807, 2.05) is 37.4 Å². The molecule has 2 nitrogen and oxygen atoms in total. The molecule has 90 valence electrons. The zero-order valence-electron chi connectivity index (χ0n) is 9.77. The van der Waals surface area contributed by atoms with Crippen LogP contribution in [0.5, 0.6) is 0 Å². The first-order valence-corrected chi connectivity index (χ1v) is 6.68. The van der Waals surface area contributed by atoms with Crippen LogP contribution in [0.3, 0.4) is 0 Å². The van der Waals surface area contributed by atoms with Crippen molar-refractivity contribution in [2.45, 2.75) is 26.4 Å². The number of nitrogens with zero attached hydrogens (tertiary/aromatic N) is 1. The van der Waals surface area contributed by atoms with Gasteiger partial charge in [-0.25, -0.2) is 4.98 Å². The van der Waals surface area contributed by atoms with Crippen LogP contribution in [-0.4, -0.2) is 10.1 Å². The molecule has 2 rings (SSSR count). The van der Waals surface area contributed by atoms with Crippen molar-refractivity contribution in [3.05, 3.63) is 50.4 Å². The molecule has 0 aliphatic heterocycles. The van der Waals surface area contributed by atoms with Crippen LogP contribution < -0.4 is 0 Å². The summed E-state index contributed by atoms with van der Waals surface area (Å²) in [5.41, 5.74) is 2.67. The second kappa shape index (κ2) is 5.17. The highest BCUT2D eigenvalue weighted by Gasteiger charge is 2.14. The molecule has 2 aromatic rings. The van der Waals surface area contributed by atoms with Crippen molar-refractivity contribution in [2.24, 2.45) is 0 Å². The van der Waals surface area contributed by atoms with Crippen LogP contribution >= 0.6 is 22.9 Å². The van der Waals surface area contributed by atoms with Gasteiger partial charge < -0.3 is 5.11 Å². The molecule has 1 aromatic carbocycles. The first-order valence-electron chi connectivity index (χ1n) is 5.42. The zero-order valence-corrected chi connectivity index (χ0v) is 11.3. The molecule has 1 N–H and O–H groups in total. The lowest BCUT2D eigenvalue weighted by Crippen LogP contribution is -2.03. The molecule has 1 unspecified atom stereocenters. The van der Waals surface area contributed by atoms with E-state index in [4.69, 9.17) is 11.6 Å². The van der Waals surface area contributed by atoms with Crippen LogP contribution in [0.25, 0.3) is 0 Å². The Hall–Kier alpha value is -0.900. The molecule has 1 atom stereocenters. The Bertz CT molecular complexity index is 524. The fraction of sp³-hybridized carbons (Fsp3) is 0.308. The third-order valence-corrected chi connectivity index (χ3v) is 3.99. The third kappa shape index (κ3) is 2.86. The van der Waals surface area contributed by atoms with Gasteiger partial charge in [-0.2, -0.15) is 0 Å². The Kier molecular flexibility index (Phi) is 3.82. The van der Waals surface area contributed by atoms with Crippen LogP contribution in [0.15, 0.2) is 23.6 Å². The third-order valence-electron chi connectivity index (χ3n) is 2.65. The highest BCUT2D eigenvalue weighted by atomic mass is 35.5. The van der Waals surface area contributed by atoms with E-state index in [0.29, 0.717) is 11.4 Å². The lowest BCUT2D eigenvalue weighted by molar-refractivity contribution is 0.177. The molecule has 0 fully saturated rings. The molecular formula is C13H14ClNOS. The number of hydrogen-bond acceptors (Lipinski definition) is 3. The van der Waals surface area contributed by atoms with E-state index >= 15 is 0 Å². The minimum atomic E-state index is -0.594. The van der Waals surface area contributed by atoms with Gasteiger partial charge in [-0.1, -0.05) is 29.8 Å². The van der Waals surface area contributed by atoms with Crippen LogP contribution in [-0.2, 0) is 6.42 Å². The Labute approximate surface area is 110 Å². The van der Waals surface area contributed by atoms with Crippen molar-refractivity contribution < 1.29 is 5.11 Å². The predicted octanol–water partition coefficient (Wildman–Crippen LogP) is 3.69. The predicted molar refractivity (Wildman–Crippen MR) is 71.7 cm³/mol. The largest absolute Gasteiger partial charge is 0.388 e. The van der Waals surface area contributed by atoms with Gasteiger partial charge in [0.2, 0.25) is 0 Å². The molecule has 0 saturated heterocycles. The van der Waals surface area contributed by atoms with Gasteiger partial charge in [-0.3, -0.25) is 0 Å². The van der Waals surface area contributed by atoms with Crippen LogP contribution in [0.2, 0.25) is 5.02 Å². The van der Waals surface area contributed by atoms with Crippen LogP contribution in [0, 0.1) is 13.8 Å². The molecule has 1 aromatic heterocycles. The topological polar surface area (TPSA) is 33.1 Å². The summed E-state index contributed by atoms with van der Waals surface area (Å²) >= 11 is 7.78. The summed E-state index contributed by atoms with van der Waals surface area (Å²) in [5, 5.41) is 13.8. The van der Waals surface area contributed by atoms with E-state index in [9.17, 15) is 5.11 Å². The fourth-order valence-corrected chi connectivity index (χ4v) is 2.61. The molecule has 0 amide bonds.